The molecular formula is C25H28ClN5O5. The van der Waals surface area contributed by atoms with Crippen molar-refractivity contribution in [1.82, 2.24) is 9.47 Å². The molecule has 3 aromatic rings. The Morgan fingerprint density at radius 3 is 2.64 bits per heavy atom. The first-order valence-electron chi connectivity index (χ1n) is 11.8. The first-order chi connectivity index (χ1) is 17.4. The number of halogens is 1. The lowest BCUT2D eigenvalue weighted by molar-refractivity contribution is -0.402. The second-order valence-electron chi connectivity index (χ2n) is 8.98. The van der Waals surface area contributed by atoms with Crippen LogP contribution in [0.4, 0.5) is 11.7 Å². The van der Waals surface area contributed by atoms with Gasteiger partial charge in [0.2, 0.25) is 0 Å². The van der Waals surface area contributed by atoms with E-state index in [9.17, 15) is 10.1 Å². The van der Waals surface area contributed by atoms with E-state index in [1.807, 2.05) is 18.2 Å². The van der Waals surface area contributed by atoms with Crippen LogP contribution in [-0.4, -0.2) is 47.7 Å². The Balaban J connectivity index is 1.23. The first-order valence-corrected chi connectivity index (χ1v) is 12.2. The molecule has 190 valence electrons. The molecule has 0 amide bonds. The summed E-state index contributed by atoms with van der Waals surface area (Å²) in [6.07, 6.45) is 3.90. The summed E-state index contributed by atoms with van der Waals surface area (Å²) in [6.45, 7) is 3.04. The number of ether oxygens (including phenoxy) is 2. The van der Waals surface area contributed by atoms with Crippen LogP contribution < -0.4 is 20.1 Å². The maximum absolute atomic E-state index is 10.8. The number of hydrogen-bond acceptors (Lipinski definition) is 8. The Bertz CT molecular complexity index is 1330. The molecule has 0 saturated carbocycles. The Labute approximate surface area is 213 Å². The number of nitrogens with zero attached hydrogens (tertiary/aromatic N) is 4. The third kappa shape index (κ3) is 5.05. The minimum absolute atomic E-state index is 0.0132. The smallest absolute Gasteiger partial charge is 0.433 e. The van der Waals surface area contributed by atoms with Gasteiger partial charge in [-0.1, -0.05) is 11.6 Å². The molecule has 5 rings (SSSR count). The predicted octanol–water partition coefficient (Wildman–Crippen LogP) is 4.39. The largest absolute Gasteiger partial charge is 0.496 e. The molecule has 1 N–H and O–H groups in total. The summed E-state index contributed by atoms with van der Waals surface area (Å²) in [4.78, 5) is 17.5. The van der Waals surface area contributed by atoms with Crippen molar-refractivity contribution >= 4 is 23.3 Å². The van der Waals surface area contributed by atoms with Gasteiger partial charge < -0.3 is 23.8 Å². The van der Waals surface area contributed by atoms with E-state index in [4.69, 9.17) is 30.5 Å². The van der Waals surface area contributed by atoms with Gasteiger partial charge in [-0.3, -0.25) is 20.0 Å². The van der Waals surface area contributed by atoms with E-state index in [1.54, 1.807) is 20.3 Å². The van der Waals surface area contributed by atoms with Crippen LogP contribution in [0.2, 0.25) is 5.02 Å². The van der Waals surface area contributed by atoms with Crippen LogP contribution in [0.5, 0.6) is 11.5 Å². The average Bonchev–Trinajstić information content (AvgIpc) is 3.52. The normalized spacial score (nSPS) is 18.6. The molecule has 2 aliphatic heterocycles. The molecule has 0 radical (unpaired) electrons. The number of pyridine rings is 1. The zero-order valence-electron chi connectivity index (χ0n) is 20.1. The van der Waals surface area contributed by atoms with Crippen LogP contribution in [-0.2, 0) is 13.1 Å². The van der Waals surface area contributed by atoms with E-state index in [0.717, 1.165) is 55.0 Å². The van der Waals surface area contributed by atoms with Gasteiger partial charge in [0, 0.05) is 43.5 Å². The third-order valence-corrected chi connectivity index (χ3v) is 6.99. The Morgan fingerprint density at radius 1 is 1.17 bits per heavy atom. The van der Waals surface area contributed by atoms with Crippen molar-refractivity contribution in [3.8, 4) is 11.5 Å². The Hall–Kier alpha value is -3.50. The van der Waals surface area contributed by atoms with Crippen LogP contribution in [0.1, 0.15) is 30.2 Å². The number of piperidine rings is 1. The minimum Gasteiger partial charge on any atom is -0.496 e. The minimum atomic E-state index is -0.511. The van der Waals surface area contributed by atoms with Crippen LogP contribution in [0.25, 0.3) is 0 Å². The van der Waals surface area contributed by atoms with Gasteiger partial charge in [0.15, 0.2) is 0 Å². The van der Waals surface area contributed by atoms with Crippen molar-refractivity contribution < 1.29 is 18.8 Å². The highest BCUT2D eigenvalue weighted by molar-refractivity contribution is 6.32. The summed E-state index contributed by atoms with van der Waals surface area (Å²) in [5.74, 6) is 2.70. The molecular weight excluding hydrogens is 486 g/mol. The van der Waals surface area contributed by atoms with Gasteiger partial charge >= 0.3 is 5.88 Å². The third-order valence-electron chi connectivity index (χ3n) is 6.70. The van der Waals surface area contributed by atoms with Gasteiger partial charge in [-0.2, -0.15) is 0 Å². The molecule has 1 unspecified atom stereocenters. The number of furan rings is 1. The van der Waals surface area contributed by atoms with Crippen molar-refractivity contribution in [2.45, 2.75) is 38.0 Å². The molecule has 0 bridgehead atoms. The molecule has 2 aliphatic rings. The van der Waals surface area contributed by atoms with Crippen molar-refractivity contribution in [1.29, 1.82) is 0 Å². The summed E-state index contributed by atoms with van der Waals surface area (Å²) >= 11 is 6.39. The fourth-order valence-electron chi connectivity index (χ4n) is 4.82. The topological polar surface area (TPSA) is 107 Å². The molecule has 0 spiro atoms. The highest BCUT2D eigenvalue weighted by atomic mass is 35.5. The molecule has 36 heavy (non-hydrogen) atoms. The van der Waals surface area contributed by atoms with Crippen molar-refractivity contribution in [3.05, 3.63) is 74.4 Å². The van der Waals surface area contributed by atoms with Gasteiger partial charge in [0.05, 0.1) is 49.3 Å². The van der Waals surface area contributed by atoms with E-state index in [1.165, 1.54) is 6.07 Å². The quantitative estimate of drug-likeness (QED) is 0.368. The summed E-state index contributed by atoms with van der Waals surface area (Å²) in [5.41, 5.74) is 0.972. The molecule has 2 aromatic heterocycles. The van der Waals surface area contributed by atoms with E-state index >= 15 is 0 Å². The second kappa shape index (κ2) is 10.2. The molecule has 10 nitrogen and oxygen atoms in total. The standard InChI is InChI=1S/C25H28ClN5O5/c1-34-22-13-23(35-2)20(26)12-19(22)21-15-30-10-7-17(11-24(30)28-21)27-16-5-8-29(9-6-16)14-18-3-4-25(36-18)31(32)33/h3-4,7,10-13,16,21,28H,5-6,8-9,14-15H2,1-2H3. The number of methoxy groups -OCH3 is 2. The van der Waals surface area contributed by atoms with Crippen LogP contribution >= 0.6 is 11.6 Å². The fourth-order valence-corrected chi connectivity index (χ4v) is 5.07. The Morgan fingerprint density at radius 2 is 1.94 bits per heavy atom. The van der Waals surface area contributed by atoms with Crippen molar-refractivity contribution in [2.24, 2.45) is 4.99 Å². The van der Waals surface area contributed by atoms with E-state index in [2.05, 4.69) is 27.0 Å². The zero-order chi connectivity index (χ0) is 25.2. The number of rotatable bonds is 7. The number of aromatic nitrogens is 1. The molecule has 1 atom stereocenters. The van der Waals surface area contributed by atoms with Crippen LogP contribution in [0.3, 0.4) is 0 Å². The van der Waals surface area contributed by atoms with Gasteiger partial charge in [0.1, 0.15) is 28.0 Å². The van der Waals surface area contributed by atoms with Crippen LogP contribution in [0, 0.1) is 10.1 Å². The maximum Gasteiger partial charge on any atom is 0.433 e. The highest BCUT2D eigenvalue weighted by Crippen LogP contribution is 2.39. The Kier molecular flexibility index (Phi) is 6.88. The molecule has 1 saturated heterocycles. The van der Waals surface area contributed by atoms with Crippen LogP contribution in [0.15, 0.2) is 52.0 Å². The average molecular weight is 514 g/mol. The van der Waals surface area contributed by atoms with Gasteiger partial charge in [-0.05, 0) is 31.0 Å². The second-order valence-corrected chi connectivity index (χ2v) is 9.39. The van der Waals surface area contributed by atoms with Gasteiger partial charge in [-0.15, -0.1) is 0 Å². The van der Waals surface area contributed by atoms with Crippen molar-refractivity contribution in [2.75, 3.05) is 32.6 Å². The van der Waals surface area contributed by atoms with E-state index < -0.39 is 4.92 Å². The summed E-state index contributed by atoms with van der Waals surface area (Å²) in [6, 6.07) is 11.1. The molecule has 11 heteroatoms. The summed E-state index contributed by atoms with van der Waals surface area (Å²) in [5, 5.41) is 15.9. The number of nitro groups is 1. The number of likely N-dealkylation sites (tertiary alicyclic amines) is 1. The summed E-state index contributed by atoms with van der Waals surface area (Å²) < 4.78 is 18.4. The lowest BCUT2D eigenvalue weighted by Crippen LogP contribution is -2.35. The molecule has 4 heterocycles. The van der Waals surface area contributed by atoms with Gasteiger partial charge in [-0.25, -0.2) is 0 Å². The lowest BCUT2D eigenvalue weighted by Gasteiger charge is -2.29. The number of nitrogens with one attached hydrogen (secondary N) is 1. The highest BCUT2D eigenvalue weighted by Gasteiger charge is 2.26. The predicted molar refractivity (Wildman–Crippen MR) is 135 cm³/mol. The SMILES string of the molecule is COc1cc(OC)c(C2Cn3ccc(=NC4CCN(Cc5ccc([N+](=O)[O-])o5)CC4)cc3N2)cc1Cl. The van der Waals surface area contributed by atoms with E-state index in [0.29, 0.717) is 23.1 Å². The zero-order valence-corrected chi connectivity index (χ0v) is 20.9. The fraction of sp³-hybridized carbons (Fsp3) is 0.400. The van der Waals surface area contributed by atoms with E-state index in [-0.39, 0.29) is 18.0 Å². The number of anilines is 1. The summed E-state index contributed by atoms with van der Waals surface area (Å²) in [7, 11) is 3.23. The van der Waals surface area contributed by atoms with Gasteiger partial charge in [0.25, 0.3) is 0 Å². The number of hydrogen-bond donors (Lipinski definition) is 1. The first kappa shape index (κ1) is 24.2. The monoisotopic (exact) mass is 513 g/mol. The number of fused-ring (bicyclic) bond motifs is 1. The molecule has 1 fully saturated rings. The maximum atomic E-state index is 10.8. The molecule has 0 aliphatic carbocycles. The van der Waals surface area contributed by atoms with Crippen molar-refractivity contribution in [3.63, 3.8) is 0 Å². The number of benzene rings is 1. The lowest BCUT2D eigenvalue weighted by atomic mass is 10.1. The molecule has 1 aromatic carbocycles.